The summed E-state index contributed by atoms with van der Waals surface area (Å²) in [7, 11) is 1.57. The third-order valence-corrected chi connectivity index (χ3v) is 5.40. The fourth-order valence-corrected chi connectivity index (χ4v) is 3.93. The van der Waals surface area contributed by atoms with E-state index >= 15 is 0 Å². The molecule has 0 unspecified atom stereocenters. The van der Waals surface area contributed by atoms with Crippen LogP contribution in [-0.2, 0) is 15.0 Å². The van der Waals surface area contributed by atoms with Crippen molar-refractivity contribution < 1.29 is 24.0 Å². The van der Waals surface area contributed by atoms with Gasteiger partial charge in [0, 0.05) is 0 Å². The summed E-state index contributed by atoms with van der Waals surface area (Å²) < 4.78 is 5.28. The summed E-state index contributed by atoms with van der Waals surface area (Å²) in [6.45, 7) is 0. The van der Waals surface area contributed by atoms with Crippen LogP contribution in [0.15, 0.2) is 48.5 Å². The van der Waals surface area contributed by atoms with E-state index in [0.717, 1.165) is 18.4 Å². The fraction of sp³-hybridized carbons (Fsp3) is 0.286. The van der Waals surface area contributed by atoms with Crippen molar-refractivity contribution in [1.82, 2.24) is 5.06 Å². The predicted molar refractivity (Wildman–Crippen MR) is 96.2 cm³/mol. The number of fused-ring (bicyclic) bond motifs is 1. The molecule has 2 aromatic rings. The van der Waals surface area contributed by atoms with Crippen molar-refractivity contribution in [3.63, 3.8) is 0 Å². The van der Waals surface area contributed by atoms with Gasteiger partial charge in [0.25, 0.3) is 11.8 Å². The number of hydrogen-bond acceptors (Lipinski definition) is 5. The van der Waals surface area contributed by atoms with E-state index in [-0.39, 0.29) is 11.1 Å². The summed E-state index contributed by atoms with van der Waals surface area (Å²) in [4.78, 5) is 43.6. The highest BCUT2D eigenvalue weighted by Crippen LogP contribution is 2.43. The smallest absolute Gasteiger partial charge is 0.343 e. The summed E-state index contributed by atoms with van der Waals surface area (Å²) in [5, 5.41) is 0.591. The van der Waals surface area contributed by atoms with Crippen LogP contribution in [0.2, 0.25) is 0 Å². The lowest BCUT2D eigenvalue weighted by atomic mass is 9.79. The Morgan fingerprint density at radius 1 is 0.963 bits per heavy atom. The molecule has 2 aliphatic rings. The van der Waals surface area contributed by atoms with Crippen LogP contribution in [0, 0.1) is 0 Å². The highest BCUT2D eigenvalue weighted by Gasteiger charge is 2.48. The topological polar surface area (TPSA) is 72.9 Å². The Hall–Kier alpha value is -3.15. The number of methoxy groups -OCH3 is 1. The van der Waals surface area contributed by atoms with E-state index in [0.29, 0.717) is 23.7 Å². The minimum atomic E-state index is -0.885. The van der Waals surface area contributed by atoms with E-state index in [1.807, 2.05) is 24.3 Å². The molecule has 6 heteroatoms. The number of benzene rings is 2. The maximum atomic E-state index is 13.2. The van der Waals surface area contributed by atoms with Gasteiger partial charge in [0.05, 0.1) is 23.7 Å². The molecule has 0 aromatic heterocycles. The first-order chi connectivity index (χ1) is 13.1. The van der Waals surface area contributed by atoms with Gasteiger partial charge in [-0.3, -0.25) is 9.59 Å². The molecule has 1 aliphatic heterocycles. The van der Waals surface area contributed by atoms with Crippen LogP contribution >= 0.6 is 0 Å². The Morgan fingerprint density at radius 2 is 1.59 bits per heavy atom. The summed E-state index contributed by atoms with van der Waals surface area (Å²) in [5.74, 6) is -1.15. The number of hydroxylamine groups is 2. The van der Waals surface area contributed by atoms with Gasteiger partial charge in [-0.15, -0.1) is 0 Å². The predicted octanol–water partition coefficient (Wildman–Crippen LogP) is 3.26. The summed E-state index contributed by atoms with van der Waals surface area (Å²) in [6, 6.07) is 13.7. The van der Waals surface area contributed by atoms with Crippen molar-refractivity contribution >= 4 is 17.8 Å². The summed E-state index contributed by atoms with van der Waals surface area (Å²) in [5.41, 5.74) is 0.388. The Labute approximate surface area is 156 Å². The average molecular weight is 365 g/mol. The molecule has 0 atom stereocenters. The zero-order valence-electron chi connectivity index (χ0n) is 14.9. The van der Waals surface area contributed by atoms with Crippen molar-refractivity contribution in [2.24, 2.45) is 0 Å². The van der Waals surface area contributed by atoms with Crippen molar-refractivity contribution in [3.05, 3.63) is 65.2 Å². The second-order valence-electron chi connectivity index (χ2n) is 6.85. The number of amides is 2. The first-order valence-electron chi connectivity index (χ1n) is 8.91. The Kier molecular flexibility index (Phi) is 4.18. The van der Waals surface area contributed by atoms with Crippen LogP contribution in [0.25, 0.3) is 0 Å². The lowest BCUT2D eigenvalue weighted by molar-refractivity contribution is -0.175. The maximum Gasteiger partial charge on any atom is 0.343 e. The molecular formula is C21H19NO5. The SMILES string of the molecule is COc1cccc(C2(C(=O)ON3C(=O)c4ccccc4C3=O)CCCC2)c1. The highest BCUT2D eigenvalue weighted by molar-refractivity contribution is 6.21. The van der Waals surface area contributed by atoms with Gasteiger partial charge in [-0.25, -0.2) is 4.79 Å². The molecule has 6 nitrogen and oxygen atoms in total. The molecule has 1 fully saturated rings. The standard InChI is InChI=1S/C21H19NO5/c1-26-15-8-6-7-14(13-15)21(11-4-5-12-21)20(25)27-22-18(23)16-9-2-3-10-17(16)19(22)24/h2-3,6-10,13H,4-5,11-12H2,1H3. The summed E-state index contributed by atoms with van der Waals surface area (Å²) >= 11 is 0. The molecule has 4 rings (SSSR count). The van der Waals surface area contributed by atoms with Gasteiger partial charge in [-0.2, -0.15) is 0 Å². The molecule has 0 N–H and O–H groups in total. The van der Waals surface area contributed by atoms with Gasteiger partial charge >= 0.3 is 5.97 Å². The molecule has 1 heterocycles. The highest BCUT2D eigenvalue weighted by atomic mass is 16.7. The molecular weight excluding hydrogens is 346 g/mol. The molecule has 0 bridgehead atoms. The third-order valence-electron chi connectivity index (χ3n) is 5.40. The first kappa shape index (κ1) is 17.3. The lowest BCUT2D eigenvalue weighted by Gasteiger charge is -2.28. The Morgan fingerprint density at radius 3 is 2.19 bits per heavy atom. The largest absolute Gasteiger partial charge is 0.497 e. The van der Waals surface area contributed by atoms with Crippen LogP contribution in [-0.4, -0.2) is 30.0 Å². The van der Waals surface area contributed by atoms with Gasteiger partial charge in [0.2, 0.25) is 0 Å². The number of rotatable bonds is 4. The molecule has 2 aromatic carbocycles. The third kappa shape index (κ3) is 2.68. The first-order valence-corrected chi connectivity index (χ1v) is 8.91. The molecule has 0 saturated heterocycles. The van der Waals surface area contributed by atoms with Crippen LogP contribution in [0.5, 0.6) is 5.75 Å². The lowest BCUT2D eigenvalue weighted by Crippen LogP contribution is -2.42. The molecule has 1 saturated carbocycles. The molecule has 0 spiro atoms. The molecule has 1 aliphatic carbocycles. The number of hydrogen-bond donors (Lipinski definition) is 0. The van der Waals surface area contributed by atoms with E-state index in [1.165, 1.54) is 0 Å². The quantitative estimate of drug-likeness (QED) is 0.778. The summed E-state index contributed by atoms with van der Waals surface area (Å²) in [6.07, 6.45) is 2.94. The van der Waals surface area contributed by atoms with Crippen molar-refractivity contribution in [3.8, 4) is 5.75 Å². The fourth-order valence-electron chi connectivity index (χ4n) is 3.93. The zero-order chi connectivity index (χ0) is 19.0. The van der Waals surface area contributed by atoms with Gasteiger partial charge in [-0.1, -0.05) is 42.2 Å². The molecule has 138 valence electrons. The number of carbonyl (C=O) groups is 3. The van der Waals surface area contributed by atoms with Crippen LogP contribution in [0.1, 0.15) is 52.0 Å². The second kappa shape index (κ2) is 6.54. The van der Waals surface area contributed by atoms with Crippen LogP contribution in [0.3, 0.4) is 0 Å². The van der Waals surface area contributed by atoms with E-state index < -0.39 is 23.2 Å². The van der Waals surface area contributed by atoms with E-state index in [1.54, 1.807) is 31.4 Å². The number of ether oxygens (including phenoxy) is 1. The van der Waals surface area contributed by atoms with Crippen molar-refractivity contribution in [2.45, 2.75) is 31.1 Å². The average Bonchev–Trinajstić information content (AvgIpc) is 3.29. The van der Waals surface area contributed by atoms with Gasteiger partial charge in [0.1, 0.15) is 5.75 Å². The number of carbonyl (C=O) groups excluding carboxylic acids is 3. The van der Waals surface area contributed by atoms with Crippen LogP contribution < -0.4 is 4.74 Å². The zero-order valence-corrected chi connectivity index (χ0v) is 14.9. The van der Waals surface area contributed by atoms with Gasteiger partial charge in [-0.05, 0) is 42.7 Å². The monoisotopic (exact) mass is 365 g/mol. The number of imide groups is 1. The minimum absolute atomic E-state index is 0.247. The number of nitrogens with zero attached hydrogens (tertiary/aromatic N) is 1. The van der Waals surface area contributed by atoms with E-state index in [2.05, 4.69) is 0 Å². The normalized spacial score (nSPS) is 17.7. The maximum absolute atomic E-state index is 13.2. The Balaban J connectivity index is 1.65. The van der Waals surface area contributed by atoms with Crippen molar-refractivity contribution in [2.75, 3.05) is 7.11 Å². The molecule has 2 amide bonds. The van der Waals surface area contributed by atoms with Gasteiger partial charge < -0.3 is 9.57 Å². The van der Waals surface area contributed by atoms with Crippen LogP contribution in [0.4, 0.5) is 0 Å². The Bertz CT molecular complexity index is 895. The second-order valence-corrected chi connectivity index (χ2v) is 6.85. The van der Waals surface area contributed by atoms with E-state index in [9.17, 15) is 14.4 Å². The van der Waals surface area contributed by atoms with Gasteiger partial charge in [0.15, 0.2) is 0 Å². The molecule has 27 heavy (non-hydrogen) atoms. The minimum Gasteiger partial charge on any atom is -0.497 e. The van der Waals surface area contributed by atoms with Crippen molar-refractivity contribution in [1.29, 1.82) is 0 Å². The molecule has 0 radical (unpaired) electrons. The van der Waals surface area contributed by atoms with E-state index in [4.69, 9.17) is 9.57 Å².